The molecule has 136 valence electrons. The molecule has 0 spiro atoms. The molecular weight excluding hydrogens is 371 g/mol. The van der Waals surface area contributed by atoms with E-state index in [1.165, 1.54) is 11.0 Å². The molecule has 1 N–H and O–H groups in total. The average Bonchev–Trinajstić information content (AvgIpc) is 2.58. The van der Waals surface area contributed by atoms with Gasteiger partial charge in [0.25, 0.3) is 0 Å². The van der Waals surface area contributed by atoms with Gasteiger partial charge >= 0.3 is 0 Å². The molecule has 2 aromatic rings. The number of nitrogens with one attached hydrogen (secondary N) is 1. The Morgan fingerprint density at radius 2 is 1.81 bits per heavy atom. The topological polar surface area (TPSA) is 49.4 Å². The number of amides is 2. The summed E-state index contributed by atoms with van der Waals surface area (Å²) < 4.78 is 0. The lowest BCUT2D eigenvalue weighted by molar-refractivity contribution is -0.129. The zero-order chi connectivity index (χ0) is 19.3. The van der Waals surface area contributed by atoms with Crippen LogP contribution in [0.15, 0.2) is 42.5 Å². The van der Waals surface area contributed by atoms with Crippen LogP contribution in [0.3, 0.4) is 0 Å². The molecule has 26 heavy (non-hydrogen) atoms. The highest BCUT2D eigenvalue weighted by Crippen LogP contribution is 2.23. The zero-order valence-electron chi connectivity index (χ0n) is 14.8. The zero-order valence-corrected chi connectivity index (χ0v) is 16.4. The number of rotatable bonds is 5. The molecule has 0 atom stereocenters. The molecule has 2 aromatic carbocycles. The highest BCUT2D eigenvalue weighted by Gasteiger charge is 2.12. The fourth-order valence-electron chi connectivity index (χ4n) is 2.26. The van der Waals surface area contributed by atoms with Gasteiger partial charge in [0.1, 0.15) is 0 Å². The van der Waals surface area contributed by atoms with Crippen LogP contribution in [0.1, 0.15) is 16.7 Å². The van der Waals surface area contributed by atoms with Crippen molar-refractivity contribution in [2.24, 2.45) is 0 Å². The molecule has 0 unspecified atom stereocenters. The summed E-state index contributed by atoms with van der Waals surface area (Å²) in [6.07, 6.45) is 3.02. The molecular formula is C20H20Cl2N2O2. The Labute approximate surface area is 163 Å². The van der Waals surface area contributed by atoms with E-state index in [0.29, 0.717) is 10.0 Å². The average molecular weight is 391 g/mol. The summed E-state index contributed by atoms with van der Waals surface area (Å²) in [7, 11) is 1.57. The smallest absolute Gasteiger partial charge is 0.246 e. The van der Waals surface area contributed by atoms with E-state index >= 15 is 0 Å². The Hall–Kier alpha value is -2.30. The van der Waals surface area contributed by atoms with Crippen molar-refractivity contribution in [2.75, 3.05) is 18.9 Å². The summed E-state index contributed by atoms with van der Waals surface area (Å²) in [6, 6.07) is 10.9. The fraction of sp³-hybridized carbons (Fsp3) is 0.200. The molecule has 6 heteroatoms. The number of carbonyl (C=O) groups excluding carboxylic acids is 2. The maximum absolute atomic E-state index is 12.2. The molecule has 0 heterocycles. The second-order valence-electron chi connectivity index (χ2n) is 6.07. The van der Waals surface area contributed by atoms with Crippen LogP contribution in [0.25, 0.3) is 6.08 Å². The van der Waals surface area contributed by atoms with Gasteiger partial charge in [-0.3, -0.25) is 9.59 Å². The SMILES string of the molecule is Cc1ccc(C)c(NC(=O)CN(C)C(=O)/C=C/c2ccc(Cl)c(Cl)c2)c1. The van der Waals surface area contributed by atoms with Gasteiger partial charge in [-0.15, -0.1) is 0 Å². The maximum Gasteiger partial charge on any atom is 0.246 e. The third-order valence-electron chi connectivity index (χ3n) is 3.79. The normalized spacial score (nSPS) is 10.8. The summed E-state index contributed by atoms with van der Waals surface area (Å²) in [4.78, 5) is 25.7. The van der Waals surface area contributed by atoms with Crippen molar-refractivity contribution in [3.05, 3.63) is 69.2 Å². The predicted molar refractivity (Wildman–Crippen MR) is 108 cm³/mol. The Bertz CT molecular complexity index is 863. The first kappa shape index (κ1) is 20.0. The Morgan fingerprint density at radius 3 is 2.50 bits per heavy atom. The van der Waals surface area contributed by atoms with E-state index < -0.39 is 0 Å². The van der Waals surface area contributed by atoms with Gasteiger partial charge in [0.05, 0.1) is 16.6 Å². The number of hydrogen-bond acceptors (Lipinski definition) is 2. The lowest BCUT2D eigenvalue weighted by Crippen LogP contribution is -2.34. The summed E-state index contributed by atoms with van der Waals surface area (Å²) >= 11 is 11.8. The van der Waals surface area contributed by atoms with Gasteiger partial charge in [-0.1, -0.05) is 41.4 Å². The number of halogens is 2. The summed E-state index contributed by atoms with van der Waals surface area (Å²) in [5.74, 6) is -0.537. The summed E-state index contributed by atoms with van der Waals surface area (Å²) in [6.45, 7) is 3.83. The molecule has 4 nitrogen and oxygen atoms in total. The van der Waals surface area contributed by atoms with Crippen molar-refractivity contribution in [1.82, 2.24) is 4.90 Å². The van der Waals surface area contributed by atoms with Gasteiger partial charge in [-0.2, -0.15) is 0 Å². The Balaban J connectivity index is 1.95. The number of anilines is 1. The number of benzene rings is 2. The largest absolute Gasteiger partial charge is 0.333 e. The molecule has 0 aliphatic heterocycles. The van der Waals surface area contributed by atoms with Gasteiger partial charge in [0.15, 0.2) is 0 Å². The first-order valence-electron chi connectivity index (χ1n) is 8.01. The molecule has 0 saturated carbocycles. The monoisotopic (exact) mass is 390 g/mol. The fourth-order valence-corrected chi connectivity index (χ4v) is 2.57. The van der Waals surface area contributed by atoms with Crippen molar-refractivity contribution >= 4 is 46.8 Å². The van der Waals surface area contributed by atoms with Crippen molar-refractivity contribution in [2.45, 2.75) is 13.8 Å². The van der Waals surface area contributed by atoms with Crippen LogP contribution in [0.4, 0.5) is 5.69 Å². The van der Waals surface area contributed by atoms with Crippen molar-refractivity contribution in [1.29, 1.82) is 0 Å². The van der Waals surface area contributed by atoms with Crippen LogP contribution in [0, 0.1) is 13.8 Å². The molecule has 0 aromatic heterocycles. The quantitative estimate of drug-likeness (QED) is 0.750. The van der Waals surface area contributed by atoms with Crippen LogP contribution in [0.5, 0.6) is 0 Å². The third kappa shape index (κ3) is 5.61. The van der Waals surface area contributed by atoms with Gasteiger partial charge in [-0.05, 0) is 54.8 Å². The minimum atomic E-state index is -0.285. The van der Waals surface area contributed by atoms with Crippen LogP contribution in [-0.4, -0.2) is 30.3 Å². The van der Waals surface area contributed by atoms with Gasteiger partial charge < -0.3 is 10.2 Å². The number of carbonyl (C=O) groups is 2. The van der Waals surface area contributed by atoms with Crippen LogP contribution < -0.4 is 5.32 Å². The molecule has 0 fully saturated rings. The molecule has 0 aliphatic carbocycles. The second-order valence-corrected chi connectivity index (χ2v) is 6.88. The lowest BCUT2D eigenvalue weighted by Gasteiger charge is -2.16. The minimum Gasteiger partial charge on any atom is -0.333 e. The first-order chi connectivity index (χ1) is 12.3. The summed E-state index contributed by atoms with van der Waals surface area (Å²) in [5, 5.41) is 3.71. The van der Waals surface area contributed by atoms with Gasteiger partial charge in [-0.25, -0.2) is 0 Å². The molecule has 0 radical (unpaired) electrons. The van der Waals surface area contributed by atoms with Crippen LogP contribution in [0.2, 0.25) is 10.0 Å². The van der Waals surface area contributed by atoms with E-state index in [9.17, 15) is 9.59 Å². The van der Waals surface area contributed by atoms with Gasteiger partial charge in [0.2, 0.25) is 11.8 Å². The molecule has 2 amide bonds. The molecule has 0 bridgehead atoms. The third-order valence-corrected chi connectivity index (χ3v) is 4.53. The summed E-state index contributed by atoms with van der Waals surface area (Å²) in [5.41, 5.74) is 3.53. The van der Waals surface area contributed by atoms with Crippen LogP contribution in [-0.2, 0) is 9.59 Å². The van der Waals surface area contributed by atoms with Gasteiger partial charge in [0, 0.05) is 18.8 Å². The Kier molecular flexibility index (Phi) is 6.83. The van der Waals surface area contributed by atoms with Crippen molar-refractivity contribution < 1.29 is 9.59 Å². The highest BCUT2D eigenvalue weighted by atomic mass is 35.5. The van der Waals surface area contributed by atoms with E-state index in [1.807, 2.05) is 32.0 Å². The number of hydrogen-bond donors (Lipinski definition) is 1. The van der Waals surface area contributed by atoms with E-state index in [2.05, 4.69) is 5.32 Å². The number of likely N-dealkylation sites (N-methyl/N-ethyl adjacent to an activating group) is 1. The number of aryl methyl sites for hydroxylation is 2. The molecule has 2 rings (SSSR count). The molecule has 0 saturated heterocycles. The minimum absolute atomic E-state index is 0.0437. The van der Waals surface area contributed by atoms with Crippen molar-refractivity contribution in [3.63, 3.8) is 0 Å². The second kappa shape index (κ2) is 8.88. The van der Waals surface area contributed by atoms with E-state index in [0.717, 1.165) is 22.4 Å². The highest BCUT2D eigenvalue weighted by molar-refractivity contribution is 6.42. The predicted octanol–water partition coefficient (Wildman–Crippen LogP) is 4.72. The standard InChI is InChI=1S/C20H20Cl2N2O2/c1-13-4-5-14(2)18(10-13)23-19(25)12-24(3)20(26)9-7-15-6-8-16(21)17(22)11-15/h4-11H,12H2,1-3H3,(H,23,25)/b9-7+. The van der Waals surface area contributed by atoms with E-state index in [1.54, 1.807) is 31.3 Å². The first-order valence-corrected chi connectivity index (χ1v) is 8.77. The Morgan fingerprint density at radius 1 is 1.08 bits per heavy atom. The maximum atomic E-state index is 12.2. The number of nitrogens with zero attached hydrogens (tertiary/aromatic N) is 1. The van der Waals surface area contributed by atoms with E-state index in [-0.39, 0.29) is 18.4 Å². The van der Waals surface area contributed by atoms with Crippen LogP contribution >= 0.6 is 23.2 Å². The van der Waals surface area contributed by atoms with Crippen molar-refractivity contribution in [3.8, 4) is 0 Å². The van der Waals surface area contributed by atoms with E-state index in [4.69, 9.17) is 23.2 Å². The lowest BCUT2D eigenvalue weighted by atomic mass is 10.1. The molecule has 0 aliphatic rings.